The van der Waals surface area contributed by atoms with E-state index in [1.165, 1.54) is 0 Å². The Hall–Kier alpha value is -3.01. The number of nitrogens with one attached hydrogen (secondary N) is 1. The number of halogens is 1. The van der Waals surface area contributed by atoms with Gasteiger partial charge in [0.15, 0.2) is 0 Å². The number of hydrogen-bond donors (Lipinski definition) is 1. The zero-order valence-corrected chi connectivity index (χ0v) is 22.7. The maximum absolute atomic E-state index is 13.7. The van der Waals surface area contributed by atoms with Crippen molar-refractivity contribution in [2.24, 2.45) is 0 Å². The third kappa shape index (κ3) is 5.81. The summed E-state index contributed by atoms with van der Waals surface area (Å²) in [5, 5.41) is 5.20. The van der Waals surface area contributed by atoms with Crippen molar-refractivity contribution in [1.82, 2.24) is 19.5 Å². The van der Waals surface area contributed by atoms with Crippen molar-refractivity contribution in [2.75, 3.05) is 59.2 Å². The van der Waals surface area contributed by atoms with Crippen LogP contribution in [0.5, 0.6) is 0 Å². The third-order valence-electron chi connectivity index (χ3n) is 7.73. The molecule has 9 heteroatoms. The van der Waals surface area contributed by atoms with Crippen LogP contribution in [0.2, 0.25) is 5.02 Å². The molecule has 8 nitrogen and oxygen atoms in total. The van der Waals surface area contributed by atoms with Gasteiger partial charge in [-0.05, 0) is 41.5 Å². The Bertz CT molecular complexity index is 1510. The molecule has 4 aromatic rings. The number of aromatic nitrogens is 1. The topological polar surface area (TPSA) is 75.5 Å². The average Bonchev–Trinajstić information content (AvgIpc) is 3.31. The number of ether oxygens (including phenoxy) is 2. The van der Waals surface area contributed by atoms with E-state index >= 15 is 0 Å². The molecule has 1 N–H and O–H groups in total. The molecule has 2 aromatic heterocycles. The van der Waals surface area contributed by atoms with Crippen molar-refractivity contribution >= 4 is 33.8 Å². The van der Waals surface area contributed by atoms with E-state index in [1.807, 2.05) is 18.2 Å². The number of morpholine rings is 2. The van der Waals surface area contributed by atoms with E-state index in [-0.39, 0.29) is 16.9 Å². The first-order valence-electron chi connectivity index (χ1n) is 13.6. The van der Waals surface area contributed by atoms with Crippen molar-refractivity contribution in [3.05, 3.63) is 86.3 Å². The largest absolute Gasteiger partial charge is 0.379 e. The van der Waals surface area contributed by atoms with Gasteiger partial charge in [0.05, 0.1) is 31.9 Å². The van der Waals surface area contributed by atoms with Gasteiger partial charge in [-0.25, -0.2) is 0 Å². The smallest absolute Gasteiger partial charge is 0.257 e. The van der Waals surface area contributed by atoms with Crippen molar-refractivity contribution in [1.29, 1.82) is 0 Å². The van der Waals surface area contributed by atoms with Crippen molar-refractivity contribution in [3.63, 3.8) is 0 Å². The van der Waals surface area contributed by atoms with Gasteiger partial charge in [-0.3, -0.25) is 19.4 Å². The molecule has 0 atom stereocenters. The average molecular weight is 549 g/mol. The molecule has 0 saturated carbocycles. The monoisotopic (exact) mass is 548 g/mol. The van der Waals surface area contributed by atoms with E-state index in [0.717, 1.165) is 99.8 Å². The summed E-state index contributed by atoms with van der Waals surface area (Å²) < 4.78 is 13.1. The van der Waals surface area contributed by atoms with Crippen LogP contribution in [0.4, 0.5) is 0 Å². The molecule has 2 aromatic carbocycles. The second-order valence-electron chi connectivity index (χ2n) is 10.4. The molecule has 0 spiro atoms. The number of nitrogens with zero attached hydrogens (tertiary/aromatic N) is 3. The molecule has 0 radical (unpaired) electrons. The van der Waals surface area contributed by atoms with Gasteiger partial charge in [0.2, 0.25) is 5.43 Å². The van der Waals surface area contributed by atoms with Gasteiger partial charge in [0.25, 0.3) is 5.91 Å². The van der Waals surface area contributed by atoms with Crippen molar-refractivity contribution < 1.29 is 14.3 Å². The predicted octanol–water partition coefficient (Wildman–Crippen LogP) is 3.18. The number of pyridine rings is 1. The first-order chi connectivity index (χ1) is 19.0. The molecule has 2 fully saturated rings. The summed E-state index contributed by atoms with van der Waals surface area (Å²) >= 11 is 5.99. The Morgan fingerprint density at radius 1 is 0.897 bits per heavy atom. The lowest BCUT2D eigenvalue weighted by Gasteiger charge is -2.26. The second kappa shape index (κ2) is 11.6. The van der Waals surface area contributed by atoms with Gasteiger partial charge < -0.3 is 19.2 Å². The van der Waals surface area contributed by atoms with Crippen molar-refractivity contribution in [2.45, 2.75) is 19.5 Å². The summed E-state index contributed by atoms with van der Waals surface area (Å²) in [4.78, 5) is 31.8. The molecular formula is C30H33ClN4O4. The molecular weight excluding hydrogens is 516 g/mol. The molecule has 39 heavy (non-hydrogen) atoms. The molecule has 2 aliphatic heterocycles. The van der Waals surface area contributed by atoms with Gasteiger partial charge in [-0.15, -0.1) is 0 Å². The summed E-state index contributed by atoms with van der Waals surface area (Å²) in [7, 11) is 0. The Kier molecular flexibility index (Phi) is 7.81. The van der Waals surface area contributed by atoms with Crippen LogP contribution in [0.3, 0.4) is 0 Å². The third-order valence-corrected chi connectivity index (χ3v) is 7.98. The number of hydrogen-bond acceptors (Lipinski definition) is 6. The van der Waals surface area contributed by atoms with Crippen LogP contribution in [0.15, 0.2) is 53.5 Å². The summed E-state index contributed by atoms with van der Waals surface area (Å²) in [5.74, 6) is -0.375. The first kappa shape index (κ1) is 26.2. The van der Waals surface area contributed by atoms with E-state index in [1.54, 1.807) is 18.3 Å². The number of amides is 1. The lowest BCUT2D eigenvalue weighted by molar-refractivity contribution is 0.0342. The second-order valence-corrected chi connectivity index (χ2v) is 10.8. The maximum Gasteiger partial charge on any atom is 0.257 e. The predicted molar refractivity (Wildman–Crippen MR) is 152 cm³/mol. The lowest BCUT2D eigenvalue weighted by atomic mass is 10.0. The summed E-state index contributed by atoms with van der Waals surface area (Å²) in [6, 6.07) is 13.7. The molecule has 0 bridgehead atoms. The van der Waals surface area contributed by atoms with E-state index in [2.05, 4.69) is 31.7 Å². The van der Waals surface area contributed by atoms with Gasteiger partial charge in [-0.1, -0.05) is 23.7 Å². The molecule has 2 aliphatic rings. The molecule has 1 amide bonds. The minimum atomic E-state index is -0.375. The number of carbonyl (C=O) groups excluding carboxylic acids is 1. The minimum Gasteiger partial charge on any atom is -0.379 e. The molecule has 2 saturated heterocycles. The highest BCUT2D eigenvalue weighted by Gasteiger charge is 2.21. The van der Waals surface area contributed by atoms with Gasteiger partial charge >= 0.3 is 0 Å². The van der Waals surface area contributed by atoms with Crippen LogP contribution in [-0.2, 0) is 29.0 Å². The number of carbonyl (C=O) groups is 1. The molecule has 0 aliphatic carbocycles. The molecule has 6 rings (SSSR count). The standard InChI is InChI=1S/C30H33ClN4O4/c31-24-3-1-21(2-4-24)18-32-30(37)27-20-35-25(5-6-33-7-11-38-12-8-33)17-23-15-22(16-26(28(23)35)29(27)36)19-34-9-13-39-14-10-34/h1-4,15-17,20H,5-14,18-19H2,(H,32,37). The van der Waals surface area contributed by atoms with Crippen molar-refractivity contribution in [3.8, 4) is 0 Å². The van der Waals surface area contributed by atoms with Crippen LogP contribution >= 0.6 is 11.6 Å². The summed E-state index contributed by atoms with van der Waals surface area (Å²) in [5.41, 5.74) is 3.90. The zero-order chi connectivity index (χ0) is 26.8. The number of benzene rings is 2. The number of rotatable bonds is 8. The first-order valence-corrected chi connectivity index (χ1v) is 14.0. The quantitative estimate of drug-likeness (QED) is 0.364. The maximum atomic E-state index is 13.7. The Morgan fingerprint density at radius 2 is 1.59 bits per heavy atom. The lowest BCUT2D eigenvalue weighted by Crippen LogP contribution is -2.37. The fraction of sp³-hybridized carbons (Fsp3) is 0.400. The SMILES string of the molecule is O=C(NCc1ccc(Cl)cc1)c1cn2c(CCN3CCOCC3)cc3cc(CN4CCOCC4)cc(c1=O)c32. The fourth-order valence-corrected chi connectivity index (χ4v) is 5.71. The fourth-order valence-electron chi connectivity index (χ4n) is 5.58. The highest BCUT2D eigenvalue weighted by Crippen LogP contribution is 2.27. The van der Waals surface area contributed by atoms with Crippen LogP contribution in [0.1, 0.15) is 27.2 Å². The van der Waals surface area contributed by atoms with E-state index in [4.69, 9.17) is 21.1 Å². The zero-order valence-electron chi connectivity index (χ0n) is 22.0. The normalized spacial score (nSPS) is 17.3. The van der Waals surface area contributed by atoms with Crippen LogP contribution in [0, 0.1) is 0 Å². The Balaban J connectivity index is 1.35. The molecule has 204 valence electrons. The van der Waals surface area contributed by atoms with E-state index in [0.29, 0.717) is 17.0 Å². The molecule has 0 unspecified atom stereocenters. The van der Waals surface area contributed by atoms with Gasteiger partial charge in [-0.2, -0.15) is 0 Å². The summed E-state index contributed by atoms with van der Waals surface area (Å²) in [6.45, 7) is 8.48. The van der Waals surface area contributed by atoms with Gasteiger partial charge in [0, 0.05) is 79.9 Å². The van der Waals surface area contributed by atoms with Crippen LogP contribution < -0.4 is 10.7 Å². The molecule has 4 heterocycles. The minimum absolute atomic E-state index is 0.158. The highest BCUT2D eigenvalue weighted by atomic mass is 35.5. The van der Waals surface area contributed by atoms with Gasteiger partial charge in [0.1, 0.15) is 5.56 Å². The van der Waals surface area contributed by atoms with E-state index < -0.39 is 0 Å². The Labute approximate surface area is 232 Å². The summed E-state index contributed by atoms with van der Waals surface area (Å²) in [6.07, 6.45) is 2.54. The highest BCUT2D eigenvalue weighted by molar-refractivity contribution is 6.30. The Morgan fingerprint density at radius 3 is 2.31 bits per heavy atom. The van der Waals surface area contributed by atoms with Crippen LogP contribution in [0.25, 0.3) is 16.3 Å². The van der Waals surface area contributed by atoms with Crippen LogP contribution in [-0.4, -0.2) is 79.3 Å². The van der Waals surface area contributed by atoms with E-state index in [9.17, 15) is 9.59 Å².